The summed E-state index contributed by atoms with van der Waals surface area (Å²) in [7, 11) is 1.80. The summed E-state index contributed by atoms with van der Waals surface area (Å²) in [5, 5.41) is 6.92. The van der Waals surface area contributed by atoms with Gasteiger partial charge in [0, 0.05) is 52.4 Å². The maximum atomic E-state index is 11.7. The lowest BCUT2D eigenvalue weighted by Crippen LogP contribution is -2.46. The third kappa shape index (κ3) is 6.38. The second-order valence-corrected chi connectivity index (χ2v) is 6.70. The maximum Gasteiger partial charge on any atom is 0.222 e. The van der Waals surface area contributed by atoms with Crippen LogP contribution in [0.2, 0.25) is 0 Å². The molecule has 1 saturated carbocycles. The summed E-state index contributed by atoms with van der Waals surface area (Å²) in [6.45, 7) is 8.17. The normalized spacial score (nSPS) is 22.0. The van der Waals surface area contributed by atoms with E-state index in [9.17, 15) is 4.79 Å². The molecular weight excluding hydrogens is 419 g/mol. The summed E-state index contributed by atoms with van der Waals surface area (Å²) >= 11 is 0. The number of carbonyl (C=O) groups is 1. The Morgan fingerprint density at radius 2 is 2.12 bits per heavy atom. The van der Waals surface area contributed by atoms with Gasteiger partial charge in [-0.15, -0.1) is 24.0 Å². The molecule has 7 heteroatoms. The number of aliphatic imine (C=N–C) groups is 1. The highest BCUT2D eigenvalue weighted by Crippen LogP contribution is 2.48. The van der Waals surface area contributed by atoms with Crippen LogP contribution in [0.4, 0.5) is 0 Å². The minimum Gasteiger partial charge on any atom is -0.382 e. The Balaban J connectivity index is 0.00000288. The SMILES string of the molecule is CCOCCC1(CNC(=NC)NC2CCN(C(=O)CC)C2)CC1.I. The number of rotatable bonds is 8. The van der Waals surface area contributed by atoms with Crippen molar-refractivity contribution in [1.29, 1.82) is 0 Å². The zero-order valence-electron chi connectivity index (χ0n) is 15.3. The fourth-order valence-corrected chi connectivity index (χ4v) is 3.11. The van der Waals surface area contributed by atoms with Crippen LogP contribution in [0.5, 0.6) is 0 Å². The Hall–Kier alpha value is -0.570. The van der Waals surface area contributed by atoms with Crippen molar-refractivity contribution in [1.82, 2.24) is 15.5 Å². The summed E-state index contributed by atoms with van der Waals surface area (Å²) in [6.07, 6.45) is 5.23. The molecule has 1 saturated heterocycles. The molecule has 6 nitrogen and oxygen atoms in total. The van der Waals surface area contributed by atoms with Gasteiger partial charge in [0.25, 0.3) is 0 Å². The number of halogens is 1. The number of nitrogens with one attached hydrogen (secondary N) is 2. The lowest BCUT2D eigenvalue weighted by atomic mass is 10.0. The third-order valence-corrected chi connectivity index (χ3v) is 4.98. The van der Waals surface area contributed by atoms with Crippen LogP contribution in [-0.2, 0) is 9.53 Å². The van der Waals surface area contributed by atoms with E-state index in [0.29, 0.717) is 17.9 Å². The Morgan fingerprint density at radius 3 is 2.71 bits per heavy atom. The molecule has 0 aromatic carbocycles. The van der Waals surface area contributed by atoms with Crippen molar-refractivity contribution in [2.75, 3.05) is 39.9 Å². The molecule has 2 rings (SSSR count). The van der Waals surface area contributed by atoms with Gasteiger partial charge in [0.2, 0.25) is 5.91 Å². The van der Waals surface area contributed by atoms with Crippen LogP contribution in [0.25, 0.3) is 0 Å². The maximum absolute atomic E-state index is 11.7. The number of likely N-dealkylation sites (tertiary alicyclic amines) is 1. The molecule has 2 aliphatic rings. The van der Waals surface area contributed by atoms with Crippen molar-refractivity contribution in [3.8, 4) is 0 Å². The highest BCUT2D eigenvalue weighted by atomic mass is 127. The molecule has 24 heavy (non-hydrogen) atoms. The van der Waals surface area contributed by atoms with E-state index < -0.39 is 0 Å². The third-order valence-electron chi connectivity index (χ3n) is 4.98. The Labute approximate surface area is 163 Å². The predicted octanol–water partition coefficient (Wildman–Crippen LogP) is 1.99. The second-order valence-electron chi connectivity index (χ2n) is 6.70. The van der Waals surface area contributed by atoms with E-state index in [2.05, 4.69) is 15.6 Å². The van der Waals surface area contributed by atoms with E-state index in [1.54, 1.807) is 7.05 Å². The molecule has 140 valence electrons. The Bertz CT molecular complexity index is 427. The number of carbonyl (C=O) groups excluding carboxylic acids is 1. The van der Waals surface area contributed by atoms with Crippen LogP contribution < -0.4 is 10.6 Å². The fraction of sp³-hybridized carbons (Fsp3) is 0.882. The molecule has 1 heterocycles. The van der Waals surface area contributed by atoms with Gasteiger partial charge in [-0.05, 0) is 38.0 Å². The number of hydrogen-bond acceptors (Lipinski definition) is 3. The van der Waals surface area contributed by atoms with E-state index in [-0.39, 0.29) is 29.9 Å². The zero-order chi connectivity index (χ0) is 16.7. The largest absolute Gasteiger partial charge is 0.382 e. The molecule has 2 N–H and O–H groups in total. The first kappa shape index (κ1) is 21.5. The Morgan fingerprint density at radius 1 is 1.38 bits per heavy atom. The molecular formula is C17H33IN4O2. The second kappa shape index (κ2) is 10.4. The van der Waals surface area contributed by atoms with Gasteiger partial charge in [-0.3, -0.25) is 9.79 Å². The molecule has 1 aliphatic heterocycles. The number of guanidine groups is 1. The van der Waals surface area contributed by atoms with Gasteiger partial charge in [-0.25, -0.2) is 0 Å². The molecule has 1 atom stereocenters. The average molecular weight is 452 g/mol. The minimum absolute atomic E-state index is 0. The molecule has 1 unspecified atom stereocenters. The van der Waals surface area contributed by atoms with Crippen molar-refractivity contribution in [3.05, 3.63) is 0 Å². The number of ether oxygens (including phenoxy) is 1. The first-order chi connectivity index (χ1) is 11.1. The van der Waals surface area contributed by atoms with E-state index in [4.69, 9.17) is 4.74 Å². The standard InChI is InChI=1S/C17H32N4O2.HI/c1-4-15(22)21-10-6-14(12-21)20-16(18-3)19-13-17(7-8-17)9-11-23-5-2;/h14H,4-13H2,1-3H3,(H2,18,19,20);1H. The molecule has 0 spiro atoms. The van der Waals surface area contributed by atoms with E-state index in [1.807, 2.05) is 18.7 Å². The Kier molecular flexibility index (Phi) is 9.33. The van der Waals surface area contributed by atoms with Crippen LogP contribution in [0.1, 0.15) is 46.0 Å². The number of hydrogen-bond donors (Lipinski definition) is 2. The minimum atomic E-state index is 0. The zero-order valence-corrected chi connectivity index (χ0v) is 17.6. The number of amides is 1. The van der Waals surface area contributed by atoms with Crippen molar-refractivity contribution in [2.45, 2.75) is 52.0 Å². The van der Waals surface area contributed by atoms with Crippen molar-refractivity contribution >= 4 is 35.8 Å². The van der Waals surface area contributed by atoms with E-state index in [1.165, 1.54) is 12.8 Å². The summed E-state index contributed by atoms with van der Waals surface area (Å²) in [4.78, 5) is 18.0. The molecule has 0 aromatic heterocycles. The average Bonchev–Trinajstić information content (AvgIpc) is 3.18. The highest BCUT2D eigenvalue weighted by molar-refractivity contribution is 14.0. The van der Waals surface area contributed by atoms with Crippen molar-refractivity contribution in [2.24, 2.45) is 10.4 Å². The van der Waals surface area contributed by atoms with E-state index >= 15 is 0 Å². The van der Waals surface area contributed by atoms with Gasteiger partial charge in [-0.1, -0.05) is 6.92 Å². The van der Waals surface area contributed by atoms with Crippen molar-refractivity contribution in [3.63, 3.8) is 0 Å². The topological polar surface area (TPSA) is 66.0 Å². The molecule has 1 aliphatic carbocycles. The molecule has 1 amide bonds. The highest BCUT2D eigenvalue weighted by Gasteiger charge is 2.42. The summed E-state index contributed by atoms with van der Waals surface area (Å²) in [5.41, 5.74) is 0.396. The van der Waals surface area contributed by atoms with Crippen LogP contribution in [0, 0.1) is 5.41 Å². The van der Waals surface area contributed by atoms with Crippen LogP contribution in [0.3, 0.4) is 0 Å². The van der Waals surface area contributed by atoms with E-state index in [0.717, 1.165) is 51.6 Å². The van der Waals surface area contributed by atoms with Gasteiger partial charge < -0.3 is 20.3 Å². The lowest BCUT2D eigenvalue weighted by molar-refractivity contribution is -0.129. The van der Waals surface area contributed by atoms with Gasteiger partial charge in [0.15, 0.2) is 5.96 Å². The van der Waals surface area contributed by atoms with Gasteiger partial charge in [0.05, 0.1) is 0 Å². The quantitative estimate of drug-likeness (QED) is 0.256. The smallest absolute Gasteiger partial charge is 0.222 e. The summed E-state index contributed by atoms with van der Waals surface area (Å²) in [5.74, 6) is 1.09. The van der Waals surface area contributed by atoms with Crippen molar-refractivity contribution < 1.29 is 9.53 Å². The monoisotopic (exact) mass is 452 g/mol. The predicted molar refractivity (Wildman–Crippen MR) is 108 cm³/mol. The van der Waals surface area contributed by atoms with Gasteiger partial charge in [0.1, 0.15) is 0 Å². The first-order valence-corrected chi connectivity index (χ1v) is 8.95. The van der Waals surface area contributed by atoms with Crippen LogP contribution in [0.15, 0.2) is 4.99 Å². The lowest BCUT2D eigenvalue weighted by Gasteiger charge is -2.21. The fourth-order valence-electron chi connectivity index (χ4n) is 3.11. The molecule has 0 aromatic rings. The molecule has 0 bridgehead atoms. The summed E-state index contributed by atoms with van der Waals surface area (Å²) < 4.78 is 5.48. The molecule has 2 fully saturated rings. The van der Waals surface area contributed by atoms with Gasteiger partial charge >= 0.3 is 0 Å². The molecule has 0 radical (unpaired) electrons. The first-order valence-electron chi connectivity index (χ1n) is 8.95. The summed E-state index contributed by atoms with van der Waals surface area (Å²) in [6, 6.07) is 0.301. The van der Waals surface area contributed by atoms with Gasteiger partial charge in [-0.2, -0.15) is 0 Å². The van der Waals surface area contributed by atoms with Crippen LogP contribution in [-0.4, -0.2) is 62.7 Å². The van der Waals surface area contributed by atoms with Crippen LogP contribution >= 0.6 is 24.0 Å². The number of nitrogens with zero attached hydrogens (tertiary/aromatic N) is 2.